The molecular weight excluding hydrogens is 462 g/mol. The van der Waals surface area contributed by atoms with Gasteiger partial charge in [0.05, 0.1) is 11.9 Å². The standard InChI is InChI=1S/C27H37N3O4S/c1-19-14-15-21(3)25(16-19)30(35(5,33)34)18-26(31)29(17-23-11-7-6-10-20(23)2)22(4)27(32)28-24-12-8-9-13-24/h6-7,10-11,14-16,22,24H,8-9,12-13,17-18H2,1-5H3,(H,28,32)/t22-/m0/s1. The Morgan fingerprint density at radius 1 is 1.03 bits per heavy atom. The Hall–Kier alpha value is -2.87. The minimum atomic E-state index is -3.75. The van der Waals surface area contributed by atoms with Gasteiger partial charge in [0, 0.05) is 12.6 Å². The van der Waals surface area contributed by atoms with Crippen molar-refractivity contribution in [2.75, 3.05) is 17.1 Å². The molecule has 3 rings (SSSR count). The molecule has 8 heteroatoms. The quantitative estimate of drug-likeness (QED) is 0.568. The van der Waals surface area contributed by atoms with Crippen LogP contribution in [0.15, 0.2) is 42.5 Å². The first kappa shape index (κ1) is 26.7. The van der Waals surface area contributed by atoms with Crippen molar-refractivity contribution in [3.8, 4) is 0 Å². The Morgan fingerprint density at radius 2 is 1.69 bits per heavy atom. The molecule has 0 heterocycles. The predicted octanol–water partition coefficient (Wildman–Crippen LogP) is 3.85. The van der Waals surface area contributed by atoms with Crippen molar-refractivity contribution in [3.63, 3.8) is 0 Å². The summed E-state index contributed by atoms with van der Waals surface area (Å²) in [6.45, 7) is 7.21. The average molecular weight is 500 g/mol. The molecule has 0 saturated heterocycles. The van der Waals surface area contributed by atoms with Crippen LogP contribution in [0.3, 0.4) is 0 Å². The maximum Gasteiger partial charge on any atom is 0.244 e. The molecule has 2 aromatic rings. The Balaban J connectivity index is 1.92. The fraction of sp³-hybridized carbons (Fsp3) is 0.481. The molecule has 1 N–H and O–H groups in total. The van der Waals surface area contributed by atoms with Crippen LogP contribution in [0.1, 0.15) is 54.9 Å². The summed E-state index contributed by atoms with van der Waals surface area (Å²) in [5.74, 6) is -0.634. The lowest BCUT2D eigenvalue weighted by molar-refractivity contribution is -0.139. The fourth-order valence-electron chi connectivity index (χ4n) is 4.53. The number of hydrogen-bond acceptors (Lipinski definition) is 4. The van der Waals surface area contributed by atoms with Crippen molar-refractivity contribution >= 4 is 27.5 Å². The van der Waals surface area contributed by atoms with Crippen molar-refractivity contribution in [2.45, 2.75) is 72.0 Å². The zero-order chi connectivity index (χ0) is 25.8. The molecular formula is C27H37N3O4S. The smallest absolute Gasteiger partial charge is 0.244 e. The lowest BCUT2D eigenvalue weighted by atomic mass is 10.1. The van der Waals surface area contributed by atoms with E-state index in [4.69, 9.17) is 0 Å². The second kappa shape index (κ2) is 11.2. The molecule has 1 saturated carbocycles. The third-order valence-electron chi connectivity index (χ3n) is 6.78. The third kappa shape index (κ3) is 6.84. The Labute approximate surface area is 209 Å². The summed E-state index contributed by atoms with van der Waals surface area (Å²) in [7, 11) is -3.75. The molecule has 0 unspecified atom stereocenters. The van der Waals surface area contributed by atoms with Gasteiger partial charge in [0.15, 0.2) is 0 Å². The molecule has 1 atom stereocenters. The van der Waals surface area contributed by atoms with Gasteiger partial charge in [-0.3, -0.25) is 13.9 Å². The third-order valence-corrected chi connectivity index (χ3v) is 7.91. The second-order valence-electron chi connectivity index (χ2n) is 9.67. The van der Waals surface area contributed by atoms with Crippen LogP contribution in [-0.4, -0.2) is 50.0 Å². The van der Waals surface area contributed by atoms with E-state index >= 15 is 0 Å². The summed E-state index contributed by atoms with van der Waals surface area (Å²) in [5, 5.41) is 3.08. The van der Waals surface area contributed by atoms with Crippen LogP contribution in [0.4, 0.5) is 5.69 Å². The molecule has 35 heavy (non-hydrogen) atoms. The van der Waals surface area contributed by atoms with Gasteiger partial charge in [0.25, 0.3) is 0 Å². The van der Waals surface area contributed by atoms with E-state index in [-0.39, 0.29) is 25.0 Å². The summed E-state index contributed by atoms with van der Waals surface area (Å²) >= 11 is 0. The van der Waals surface area contributed by atoms with Gasteiger partial charge in [-0.1, -0.05) is 49.2 Å². The highest BCUT2D eigenvalue weighted by Crippen LogP contribution is 2.25. The number of aryl methyl sites for hydroxylation is 3. The van der Waals surface area contributed by atoms with Crippen LogP contribution in [0, 0.1) is 20.8 Å². The summed E-state index contributed by atoms with van der Waals surface area (Å²) in [6, 6.07) is 12.6. The number of benzene rings is 2. The molecule has 1 aliphatic carbocycles. The topological polar surface area (TPSA) is 86.8 Å². The highest BCUT2D eigenvalue weighted by molar-refractivity contribution is 7.92. The molecule has 0 radical (unpaired) electrons. The number of hydrogen-bond donors (Lipinski definition) is 1. The molecule has 0 bridgehead atoms. The average Bonchev–Trinajstić information content (AvgIpc) is 3.30. The fourth-order valence-corrected chi connectivity index (χ4v) is 5.43. The van der Waals surface area contributed by atoms with E-state index in [1.807, 2.05) is 57.2 Å². The molecule has 1 fully saturated rings. The summed E-state index contributed by atoms with van der Waals surface area (Å²) < 4.78 is 26.7. The molecule has 190 valence electrons. The van der Waals surface area contributed by atoms with Gasteiger partial charge in [-0.15, -0.1) is 0 Å². The normalized spacial score (nSPS) is 15.0. The van der Waals surface area contributed by atoms with E-state index in [0.717, 1.165) is 58.5 Å². The highest BCUT2D eigenvalue weighted by atomic mass is 32.2. The SMILES string of the molecule is Cc1ccc(C)c(N(CC(=O)N(Cc2ccccc2C)[C@@H](C)C(=O)NC2CCCC2)S(C)(=O)=O)c1. The molecule has 0 aromatic heterocycles. The maximum atomic E-state index is 13.7. The van der Waals surface area contributed by atoms with Crippen LogP contribution in [0.2, 0.25) is 0 Å². The molecule has 2 amide bonds. The van der Waals surface area contributed by atoms with Crippen molar-refractivity contribution in [2.24, 2.45) is 0 Å². The van der Waals surface area contributed by atoms with E-state index in [1.54, 1.807) is 13.0 Å². The van der Waals surface area contributed by atoms with Crippen molar-refractivity contribution < 1.29 is 18.0 Å². The minimum Gasteiger partial charge on any atom is -0.352 e. The van der Waals surface area contributed by atoms with Crippen LogP contribution in [0.25, 0.3) is 0 Å². The van der Waals surface area contributed by atoms with Gasteiger partial charge < -0.3 is 10.2 Å². The molecule has 0 spiro atoms. The predicted molar refractivity (Wildman–Crippen MR) is 140 cm³/mol. The number of amides is 2. The van der Waals surface area contributed by atoms with E-state index < -0.39 is 22.0 Å². The Bertz CT molecular complexity index is 1170. The first-order valence-electron chi connectivity index (χ1n) is 12.2. The molecule has 7 nitrogen and oxygen atoms in total. The van der Waals surface area contributed by atoms with Crippen molar-refractivity contribution in [1.29, 1.82) is 0 Å². The summed E-state index contributed by atoms with van der Waals surface area (Å²) in [6.07, 6.45) is 5.16. The van der Waals surface area contributed by atoms with Gasteiger partial charge in [-0.25, -0.2) is 8.42 Å². The number of anilines is 1. The Kier molecular flexibility index (Phi) is 8.59. The van der Waals surface area contributed by atoms with Crippen molar-refractivity contribution in [3.05, 3.63) is 64.7 Å². The number of nitrogens with zero attached hydrogens (tertiary/aromatic N) is 2. The summed E-state index contributed by atoms with van der Waals surface area (Å²) in [5.41, 5.74) is 4.04. The lowest BCUT2D eigenvalue weighted by Crippen LogP contribution is -2.52. The maximum absolute atomic E-state index is 13.7. The van der Waals surface area contributed by atoms with E-state index in [2.05, 4.69) is 5.32 Å². The number of nitrogens with one attached hydrogen (secondary N) is 1. The van der Waals surface area contributed by atoms with Gasteiger partial charge in [0.1, 0.15) is 12.6 Å². The van der Waals surface area contributed by atoms with Crippen LogP contribution < -0.4 is 9.62 Å². The number of rotatable bonds is 9. The van der Waals surface area contributed by atoms with Crippen molar-refractivity contribution in [1.82, 2.24) is 10.2 Å². The lowest BCUT2D eigenvalue weighted by Gasteiger charge is -2.32. The van der Waals surface area contributed by atoms with Gasteiger partial charge >= 0.3 is 0 Å². The number of carbonyl (C=O) groups excluding carboxylic acids is 2. The largest absolute Gasteiger partial charge is 0.352 e. The second-order valence-corrected chi connectivity index (χ2v) is 11.6. The van der Waals surface area contributed by atoms with E-state index in [1.165, 1.54) is 4.90 Å². The minimum absolute atomic E-state index is 0.128. The highest BCUT2D eigenvalue weighted by Gasteiger charge is 2.32. The van der Waals surface area contributed by atoms with E-state index in [9.17, 15) is 18.0 Å². The van der Waals surface area contributed by atoms with Crippen LogP contribution >= 0.6 is 0 Å². The molecule has 2 aromatic carbocycles. The molecule has 0 aliphatic heterocycles. The zero-order valence-electron chi connectivity index (χ0n) is 21.4. The Morgan fingerprint density at radius 3 is 2.31 bits per heavy atom. The first-order valence-corrected chi connectivity index (χ1v) is 14.0. The van der Waals surface area contributed by atoms with Gasteiger partial charge in [-0.2, -0.15) is 0 Å². The zero-order valence-corrected chi connectivity index (χ0v) is 22.2. The van der Waals surface area contributed by atoms with Crippen LogP contribution in [-0.2, 0) is 26.2 Å². The number of sulfonamides is 1. The van der Waals surface area contributed by atoms with Crippen LogP contribution in [0.5, 0.6) is 0 Å². The number of carbonyl (C=O) groups is 2. The van der Waals surface area contributed by atoms with Gasteiger partial charge in [-0.05, 0) is 68.9 Å². The van der Waals surface area contributed by atoms with E-state index in [0.29, 0.717) is 5.69 Å². The first-order chi connectivity index (χ1) is 16.5. The molecule has 1 aliphatic rings. The summed E-state index contributed by atoms with van der Waals surface area (Å²) in [4.78, 5) is 28.3. The van der Waals surface area contributed by atoms with Gasteiger partial charge in [0.2, 0.25) is 21.8 Å². The monoisotopic (exact) mass is 499 g/mol.